The number of carbonyl (C=O) groups excluding carboxylic acids is 1. The number of nitrogens with one attached hydrogen (secondary N) is 2. The lowest BCUT2D eigenvalue weighted by molar-refractivity contribution is -0.120. The molecule has 98 valence electrons. The maximum absolute atomic E-state index is 14.0. The molecule has 18 heavy (non-hydrogen) atoms. The summed E-state index contributed by atoms with van der Waals surface area (Å²) >= 11 is 0. The summed E-state index contributed by atoms with van der Waals surface area (Å²) in [7, 11) is 1.84. The van der Waals surface area contributed by atoms with E-state index < -0.39 is 0 Å². The van der Waals surface area contributed by atoms with Crippen molar-refractivity contribution in [3.05, 3.63) is 29.6 Å². The lowest BCUT2D eigenvalue weighted by atomic mass is 10.1. The highest BCUT2D eigenvalue weighted by molar-refractivity contribution is 5.77. The van der Waals surface area contributed by atoms with Crippen molar-refractivity contribution < 1.29 is 9.18 Å². The zero-order valence-corrected chi connectivity index (χ0v) is 10.5. The maximum Gasteiger partial charge on any atom is 0.221 e. The summed E-state index contributed by atoms with van der Waals surface area (Å²) in [5.74, 6) is -0.193. The van der Waals surface area contributed by atoms with Gasteiger partial charge in [0.25, 0.3) is 0 Å². The topological polar surface area (TPSA) is 44.4 Å². The number of para-hydroxylation sites is 1. The Hall–Kier alpha value is -1.62. The van der Waals surface area contributed by atoms with Gasteiger partial charge in [0, 0.05) is 32.6 Å². The Balaban J connectivity index is 2.27. The fourth-order valence-electron chi connectivity index (χ4n) is 2.24. The Bertz CT molecular complexity index is 436. The van der Waals surface area contributed by atoms with E-state index >= 15 is 0 Å². The molecule has 0 unspecified atom stereocenters. The van der Waals surface area contributed by atoms with Gasteiger partial charge in [-0.1, -0.05) is 12.1 Å². The number of amides is 1. The lowest BCUT2D eigenvalue weighted by Gasteiger charge is -2.25. The number of anilines is 1. The quantitative estimate of drug-likeness (QED) is 0.838. The van der Waals surface area contributed by atoms with E-state index in [9.17, 15) is 9.18 Å². The van der Waals surface area contributed by atoms with E-state index in [2.05, 4.69) is 10.6 Å². The van der Waals surface area contributed by atoms with Crippen LogP contribution in [-0.4, -0.2) is 32.6 Å². The molecule has 1 saturated heterocycles. The first kappa shape index (κ1) is 12.8. The SMILES string of the molecule is CNCc1cccc(F)c1N1CCNC(=O)CC1. The van der Waals surface area contributed by atoms with Crippen LogP contribution < -0.4 is 15.5 Å². The predicted octanol–water partition coefficient (Wildman–Crippen LogP) is 0.871. The second kappa shape index (κ2) is 5.82. The number of rotatable bonds is 3. The van der Waals surface area contributed by atoms with E-state index in [1.54, 1.807) is 6.07 Å². The molecule has 2 rings (SSSR count). The molecule has 1 aromatic rings. The van der Waals surface area contributed by atoms with Crippen LogP contribution >= 0.6 is 0 Å². The van der Waals surface area contributed by atoms with Crippen molar-refractivity contribution in [3.63, 3.8) is 0 Å². The van der Waals surface area contributed by atoms with Gasteiger partial charge in [-0.2, -0.15) is 0 Å². The van der Waals surface area contributed by atoms with Gasteiger partial charge in [0.2, 0.25) is 5.91 Å². The summed E-state index contributed by atoms with van der Waals surface area (Å²) in [4.78, 5) is 13.3. The second-order valence-corrected chi connectivity index (χ2v) is 4.36. The number of carbonyl (C=O) groups is 1. The standard InChI is InChI=1S/C13H18FN3O/c1-15-9-10-3-2-4-11(14)13(10)17-7-5-12(18)16-6-8-17/h2-4,15H,5-9H2,1H3,(H,16,18). The van der Waals surface area contributed by atoms with Crippen molar-refractivity contribution in [2.24, 2.45) is 0 Å². The number of nitrogens with zero attached hydrogens (tertiary/aromatic N) is 1. The van der Waals surface area contributed by atoms with Crippen LogP contribution in [0, 0.1) is 5.82 Å². The molecule has 0 aromatic heterocycles. The first-order valence-electron chi connectivity index (χ1n) is 6.16. The molecule has 0 aliphatic carbocycles. The third-order valence-corrected chi connectivity index (χ3v) is 3.07. The Labute approximate surface area is 106 Å². The summed E-state index contributed by atoms with van der Waals surface area (Å²) in [6.07, 6.45) is 0.410. The molecule has 1 aromatic carbocycles. The fraction of sp³-hybridized carbons (Fsp3) is 0.462. The van der Waals surface area contributed by atoms with Gasteiger partial charge in [0.05, 0.1) is 5.69 Å². The Kier molecular flexibility index (Phi) is 4.15. The van der Waals surface area contributed by atoms with Crippen LogP contribution in [-0.2, 0) is 11.3 Å². The number of benzene rings is 1. The van der Waals surface area contributed by atoms with Crippen LogP contribution in [0.25, 0.3) is 0 Å². The Morgan fingerprint density at radius 3 is 3.06 bits per heavy atom. The second-order valence-electron chi connectivity index (χ2n) is 4.36. The summed E-state index contributed by atoms with van der Waals surface area (Å²) in [6, 6.07) is 5.09. The first-order valence-corrected chi connectivity index (χ1v) is 6.16. The third kappa shape index (κ3) is 2.79. The average molecular weight is 251 g/mol. The minimum Gasteiger partial charge on any atom is -0.367 e. The van der Waals surface area contributed by atoms with E-state index in [1.807, 2.05) is 18.0 Å². The minimum atomic E-state index is -0.225. The fourth-order valence-corrected chi connectivity index (χ4v) is 2.24. The highest BCUT2D eigenvalue weighted by atomic mass is 19.1. The molecule has 0 bridgehead atoms. The van der Waals surface area contributed by atoms with Crippen LogP contribution in [0.4, 0.5) is 10.1 Å². The Morgan fingerprint density at radius 2 is 2.28 bits per heavy atom. The third-order valence-electron chi connectivity index (χ3n) is 3.07. The van der Waals surface area contributed by atoms with Gasteiger partial charge in [-0.05, 0) is 18.7 Å². The monoisotopic (exact) mass is 251 g/mol. The molecule has 1 heterocycles. The van der Waals surface area contributed by atoms with Gasteiger partial charge >= 0.3 is 0 Å². The molecule has 1 aliphatic heterocycles. The van der Waals surface area contributed by atoms with Crippen molar-refractivity contribution in [1.29, 1.82) is 0 Å². The van der Waals surface area contributed by atoms with E-state index in [-0.39, 0.29) is 11.7 Å². The molecule has 0 saturated carbocycles. The molecule has 1 amide bonds. The highest BCUT2D eigenvalue weighted by Gasteiger charge is 2.19. The summed E-state index contributed by atoms with van der Waals surface area (Å²) in [5, 5.41) is 5.84. The first-order chi connectivity index (χ1) is 8.72. The van der Waals surface area contributed by atoms with Gasteiger partial charge < -0.3 is 15.5 Å². The largest absolute Gasteiger partial charge is 0.367 e. The van der Waals surface area contributed by atoms with Gasteiger partial charge in [-0.25, -0.2) is 4.39 Å². The van der Waals surface area contributed by atoms with E-state index in [4.69, 9.17) is 0 Å². The smallest absolute Gasteiger partial charge is 0.221 e. The van der Waals surface area contributed by atoms with Crippen molar-refractivity contribution in [2.75, 3.05) is 31.6 Å². The zero-order valence-electron chi connectivity index (χ0n) is 10.5. The van der Waals surface area contributed by atoms with Crippen LogP contribution in [0.2, 0.25) is 0 Å². The average Bonchev–Trinajstić information content (AvgIpc) is 2.55. The minimum absolute atomic E-state index is 0.0315. The molecule has 2 N–H and O–H groups in total. The lowest BCUT2D eigenvalue weighted by Crippen LogP contribution is -2.30. The molecule has 4 nitrogen and oxygen atoms in total. The van der Waals surface area contributed by atoms with Crippen molar-refractivity contribution in [2.45, 2.75) is 13.0 Å². The number of hydrogen-bond donors (Lipinski definition) is 2. The normalized spacial score (nSPS) is 16.3. The molecule has 0 spiro atoms. The van der Waals surface area contributed by atoms with Crippen LogP contribution in [0.15, 0.2) is 18.2 Å². The van der Waals surface area contributed by atoms with Crippen LogP contribution in [0.3, 0.4) is 0 Å². The van der Waals surface area contributed by atoms with Crippen molar-refractivity contribution in [3.8, 4) is 0 Å². The summed E-state index contributed by atoms with van der Waals surface area (Å²) < 4.78 is 14.0. The van der Waals surface area contributed by atoms with Gasteiger partial charge in [0.1, 0.15) is 5.82 Å². The number of hydrogen-bond acceptors (Lipinski definition) is 3. The summed E-state index contributed by atoms with van der Waals surface area (Å²) in [6.45, 7) is 2.38. The van der Waals surface area contributed by atoms with Crippen molar-refractivity contribution >= 4 is 11.6 Å². The molecule has 5 heteroatoms. The van der Waals surface area contributed by atoms with E-state index in [0.717, 1.165) is 5.56 Å². The molecule has 1 fully saturated rings. The van der Waals surface area contributed by atoms with Gasteiger partial charge in [0.15, 0.2) is 0 Å². The molecular formula is C13H18FN3O. The summed E-state index contributed by atoms with van der Waals surface area (Å²) in [5.41, 5.74) is 1.54. The van der Waals surface area contributed by atoms with E-state index in [1.165, 1.54) is 6.07 Å². The van der Waals surface area contributed by atoms with Crippen LogP contribution in [0.5, 0.6) is 0 Å². The maximum atomic E-state index is 14.0. The predicted molar refractivity (Wildman–Crippen MR) is 69.0 cm³/mol. The number of halogens is 1. The molecule has 1 aliphatic rings. The Morgan fingerprint density at radius 1 is 1.44 bits per heavy atom. The van der Waals surface area contributed by atoms with Crippen molar-refractivity contribution in [1.82, 2.24) is 10.6 Å². The van der Waals surface area contributed by atoms with Crippen LogP contribution in [0.1, 0.15) is 12.0 Å². The molecular weight excluding hydrogens is 233 g/mol. The molecule has 0 atom stereocenters. The van der Waals surface area contributed by atoms with E-state index in [0.29, 0.717) is 38.3 Å². The molecule has 0 radical (unpaired) electrons. The zero-order chi connectivity index (χ0) is 13.0. The van der Waals surface area contributed by atoms with Gasteiger partial charge in [-0.15, -0.1) is 0 Å². The van der Waals surface area contributed by atoms with Gasteiger partial charge in [-0.3, -0.25) is 4.79 Å². The highest BCUT2D eigenvalue weighted by Crippen LogP contribution is 2.25.